The van der Waals surface area contributed by atoms with E-state index in [1.165, 1.54) is 16.8 Å². The average molecular weight is 864 g/mol. The van der Waals surface area contributed by atoms with Crippen LogP contribution in [0.1, 0.15) is 98.4 Å². The lowest BCUT2D eigenvalue weighted by molar-refractivity contribution is -0.143. The normalized spacial score (nSPS) is 24.4. The van der Waals surface area contributed by atoms with Crippen LogP contribution in [0.4, 0.5) is 13.6 Å². The van der Waals surface area contributed by atoms with Gasteiger partial charge in [-0.25, -0.2) is 22.0 Å². The molecule has 6 rings (SSSR count). The average Bonchev–Trinajstić information content (AvgIpc) is 4.08. The van der Waals surface area contributed by atoms with Gasteiger partial charge in [-0.3, -0.25) is 23.9 Å². The van der Waals surface area contributed by atoms with Crippen LogP contribution in [-0.4, -0.2) is 118 Å². The molecule has 60 heavy (non-hydrogen) atoms. The van der Waals surface area contributed by atoms with Crippen molar-refractivity contribution in [3.63, 3.8) is 0 Å². The van der Waals surface area contributed by atoms with Crippen molar-refractivity contribution in [3.8, 4) is 17.1 Å². The molecule has 3 aliphatic carbocycles. The molecule has 0 bridgehead atoms. The predicted octanol–water partition coefficient (Wildman–Crippen LogP) is 2.85. The Balaban J connectivity index is 1.28. The molecule has 2 heterocycles. The number of likely N-dealkylation sites (tertiary alicyclic amines) is 1. The van der Waals surface area contributed by atoms with Crippen molar-refractivity contribution >= 4 is 39.7 Å². The fourth-order valence-electron chi connectivity index (χ4n) is 7.98. The number of sulfonamides is 1. The Hall–Kier alpha value is -4.95. The molecule has 330 valence electrons. The minimum atomic E-state index is -4.16. The third-order valence-electron chi connectivity index (χ3n) is 11.5. The maximum atomic E-state index is 14.7. The van der Waals surface area contributed by atoms with Gasteiger partial charge in [0.15, 0.2) is 0 Å². The summed E-state index contributed by atoms with van der Waals surface area (Å²) in [6.07, 6.45) is 0.0498. The number of nitrogens with zero attached hydrogens (tertiary/aromatic N) is 5. The quantitative estimate of drug-likeness (QED) is 0.203. The summed E-state index contributed by atoms with van der Waals surface area (Å²) in [6.45, 7) is 8.29. The van der Waals surface area contributed by atoms with Gasteiger partial charge >= 0.3 is 6.09 Å². The zero-order valence-corrected chi connectivity index (χ0v) is 35.5. The molecule has 0 radical (unpaired) electrons. The number of benzene rings is 1. The largest absolute Gasteiger partial charge is 0.497 e. The number of amides is 5. The summed E-state index contributed by atoms with van der Waals surface area (Å²) in [5.74, 6) is -5.23. The van der Waals surface area contributed by atoms with Gasteiger partial charge in [0.05, 0.1) is 24.3 Å². The van der Waals surface area contributed by atoms with Gasteiger partial charge in [-0.05, 0) is 94.2 Å². The van der Waals surface area contributed by atoms with Gasteiger partial charge in [-0.1, -0.05) is 33.1 Å². The van der Waals surface area contributed by atoms with Gasteiger partial charge in [0, 0.05) is 18.5 Å². The Labute approximate surface area is 347 Å². The number of hydrogen-bond acceptors (Lipinski definition) is 12. The lowest BCUT2D eigenvalue weighted by Crippen LogP contribution is -2.61. The smallest absolute Gasteiger partial charge is 0.408 e. The van der Waals surface area contributed by atoms with Crippen molar-refractivity contribution < 1.29 is 50.6 Å². The Morgan fingerprint density at radius 1 is 0.967 bits per heavy atom. The van der Waals surface area contributed by atoms with Crippen molar-refractivity contribution in [2.24, 2.45) is 17.8 Å². The van der Waals surface area contributed by atoms with Crippen molar-refractivity contribution in [2.45, 2.75) is 139 Å². The zero-order chi connectivity index (χ0) is 43.7. The monoisotopic (exact) mass is 863 g/mol. The summed E-state index contributed by atoms with van der Waals surface area (Å²) < 4.78 is 66.4. The molecule has 1 aromatic heterocycles. The van der Waals surface area contributed by atoms with Crippen molar-refractivity contribution in [2.75, 3.05) is 13.7 Å². The first-order chi connectivity index (χ1) is 28.2. The van der Waals surface area contributed by atoms with E-state index in [9.17, 15) is 41.2 Å². The van der Waals surface area contributed by atoms with E-state index in [2.05, 4.69) is 31.4 Å². The van der Waals surface area contributed by atoms with Crippen molar-refractivity contribution in [1.82, 2.24) is 45.8 Å². The molecule has 21 heteroatoms. The number of alkyl carbamates (subject to hydrolysis) is 1. The molecule has 4 aliphatic rings. The molecule has 5 amide bonds. The van der Waals surface area contributed by atoms with Crippen LogP contribution in [0.3, 0.4) is 0 Å². The lowest BCUT2D eigenvalue weighted by atomic mass is 9.83. The van der Waals surface area contributed by atoms with Crippen LogP contribution in [0.15, 0.2) is 24.3 Å². The van der Waals surface area contributed by atoms with Crippen LogP contribution in [0, 0.1) is 17.8 Å². The summed E-state index contributed by atoms with van der Waals surface area (Å²) >= 11 is 0. The molecule has 1 aliphatic heterocycles. The number of ether oxygens (including phenoxy) is 2. The molecule has 0 spiro atoms. The van der Waals surface area contributed by atoms with E-state index in [-0.39, 0.29) is 24.7 Å². The number of rotatable bonds is 15. The number of nitrogens with one attached hydrogen (secondary N) is 4. The molecule has 2 aromatic rings. The molecule has 4 N–H and O–H groups in total. The highest BCUT2D eigenvalue weighted by molar-refractivity contribution is 7.91. The Kier molecular flexibility index (Phi) is 13.1. The van der Waals surface area contributed by atoms with Crippen LogP contribution >= 0.6 is 0 Å². The molecular formula is C39H55F2N9O9S. The summed E-state index contributed by atoms with van der Waals surface area (Å²) in [5, 5.41) is 20.0. The van der Waals surface area contributed by atoms with Gasteiger partial charge in [-0.15, -0.1) is 10.2 Å². The van der Waals surface area contributed by atoms with Crippen LogP contribution in [-0.2, 0) is 33.9 Å². The second-order valence-corrected chi connectivity index (χ2v) is 19.6. The topological polar surface area (TPSA) is 233 Å². The van der Waals surface area contributed by atoms with Gasteiger partial charge in [0.25, 0.3) is 5.91 Å². The van der Waals surface area contributed by atoms with Crippen LogP contribution in [0.5, 0.6) is 5.75 Å². The number of methoxy groups -OCH3 is 1. The highest BCUT2D eigenvalue weighted by atomic mass is 32.2. The summed E-state index contributed by atoms with van der Waals surface area (Å²) in [5.41, 5.74) is -2.50. The second kappa shape index (κ2) is 17.6. The van der Waals surface area contributed by atoms with Crippen LogP contribution in [0.2, 0.25) is 0 Å². The standard InChI is InChI=1S/C39H55F2N9O9S/c1-21(2)29(42-34(52)30(22-10-8-7-9-11-22)43-37(55)59-38(3,4)5)35(53)49-20-24(50-46-32(45-48-50)23-12-14-25(58-6)15-13-23)18-28(49)33(51)44-39(19-27(39)31(40)41)36(54)47-60(56,57)26-16-17-26/h12-15,21-22,24,26-31H,7-11,16-20H2,1-6H3,(H,42,52)(H,43,55)(H,44,51)(H,47,54)/t24-,27+,28?,29+,30+,39-/m1/s1. The van der Waals surface area contributed by atoms with Crippen molar-refractivity contribution in [1.29, 1.82) is 0 Å². The molecule has 1 saturated heterocycles. The first-order valence-electron chi connectivity index (χ1n) is 20.4. The molecule has 18 nitrogen and oxygen atoms in total. The van der Waals surface area contributed by atoms with Crippen LogP contribution in [0.25, 0.3) is 11.4 Å². The first-order valence-corrected chi connectivity index (χ1v) is 22.0. The maximum absolute atomic E-state index is 14.7. The second-order valence-electron chi connectivity index (χ2n) is 17.6. The Morgan fingerprint density at radius 3 is 2.20 bits per heavy atom. The van der Waals surface area contributed by atoms with E-state index in [4.69, 9.17) is 9.47 Å². The third-order valence-corrected chi connectivity index (χ3v) is 13.4. The SMILES string of the molecule is COc1ccc(-c2nnn([C@@H]3CC(C(=O)N[C@]4(C(=O)NS(=O)(=O)C5CC5)C[C@H]4C(F)F)N(C(=O)[C@@H](NC(=O)[C@@H](NC(=O)OC(C)(C)C)C4CCCCC4)C(C)C)C3)n2)cc1. The van der Waals surface area contributed by atoms with Gasteiger partial charge in [-0.2, -0.15) is 4.80 Å². The number of carbonyl (C=O) groups is 5. The Morgan fingerprint density at radius 2 is 1.63 bits per heavy atom. The van der Waals surface area contributed by atoms with E-state index >= 15 is 0 Å². The molecule has 1 unspecified atom stereocenters. The highest BCUT2D eigenvalue weighted by Gasteiger charge is 2.67. The molecule has 3 saturated carbocycles. The van der Waals surface area contributed by atoms with E-state index in [1.807, 2.05) is 4.72 Å². The molecular weight excluding hydrogens is 809 g/mol. The number of halogens is 2. The summed E-state index contributed by atoms with van der Waals surface area (Å²) in [4.78, 5) is 72.0. The third kappa shape index (κ3) is 10.1. The van der Waals surface area contributed by atoms with Gasteiger partial charge in [0.2, 0.25) is 40.0 Å². The lowest BCUT2D eigenvalue weighted by Gasteiger charge is -2.34. The summed E-state index contributed by atoms with van der Waals surface area (Å²) in [7, 11) is -2.64. The fraction of sp³-hybridized carbons (Fsp3) is 0.692. The minimum absolute atomic E-state index is 0.156. The van der Waals surface area contributed by atoms with E-state index in [1.54, 1.807) is 58.9 Å². The minimum Gasteiger partial charge on any atom is -0.497 e. The van der Waals surface area contributed by atoms with Crippen molar-refractivity contribution in [3.05, 3.63) is 24.3 Å². The predicted molar refractivity (Wildman–Crippen MR) is 211 cm³/mol. The number of aromatic nitrogens is 4. The molecule has 6 atom stereocenters. The number of carbonyl (C=O) groups excluding carboxylic acids is 5. The van der Waals surface area contributed by atoms with Crippen LogP contribution < -0.4 is 25.4 Å². The van der Waals surface area contributed by atoms with E-state index in [0.717, 1.165) is 19.3 Å². The maximum Gasteiger partial charge on any atom is 0.408 e. The fourth-order valence-corrected chi connectivity index (χ4v) is 9.35. The Bertz CT molecular complexity index is 2040. The number of alkyl halides is 2. The zero-order valence-electron chi connectivity index (χ0n) is 34.7. The molecule has 1 aromatic carbocycles. The van der Waals surface area contributed by atoms with Gasteiger partial charge < -0.3 is 30.3 Å². The first kappa shape index (κ1) is 44.6. The van der Waals surface area contributed by atoms with E-state index < -0.39 is 105 Å². The summed E-state index contributed by atoms with van der Waals surface area (Å²) in [6, 6.07) is 2.38. The number of hydrogen-bond donors (Lipinski definition) is 4. The number of tetrazole rings is 1. The van der Waals surface area contributed by atoms with E-state index in [0.29, 0.717) is 37.0 Å². The van der Waals surface area contributed by atoms with Gasteiger partial charge in [0.1, 0.15) is 35.0 Å². The highest BCUT2D eigenvalue weighted by Crippen LogP contribution is 2.48. The molecule has 4 fully saturated rings.